The molecule has 1 N–H and O–H groups in total. The van der Waals surface area contributed by atoms with E-state index in [1.54, 1.807) is 0 Å². The third-order valence-electron chi connectivity index (χ3n) is 18.9. The van der Waals surface area contributed by atoms with Crippen molar-refractivity contribution >= 4 is 11.9 Å². The van der Waals surface area contributed by atoms with Gasteiger partial charge < -0.3 is 9.84 Å². The molecule has 84 heavy (non-hydrogen) atoms. The number of rotatable bonds is 74. The van der Waals surface area contributed by atoms with Gasteiger partial charge in [-0.3, -0.25) is 9.59 Å². The van der Waals surface area contributed by atoms with Crippen LogP contribution in [0.3, 0.4) is 0 Å². The smallest absolute Gasteiger partial charge is 0.306 e. The average Bonchev–Trinajstić information content (AvgIpc) is 3.49. The van der Waals surface area contributed by atoms with E-state index in [1.165, 1.54) is 417 Å². The Labute approximate surface area is 531 Å². The molecule has 0 aromatic carbocycles. The summed E-state index contributed by atoms with van der Waals surface area (Å²) in [5.74, 6) is -0.622. The van der Waals surface area contributed by atoms with Gasteiger partial charge in [0.25, 0.3) is 0 Å². The maximum absolute atomic E-state index is 12.0. The summed E-state index contributed by atoms with van der Waals surface area (Å²) >= 11 is 0. The van der Waals surface area contributed by atoms with Gasteiger partial charge in [0.15, 0.2) is 0 Å². The van der Waals surface area contributed by atoms with Gasteiger partial charge in [0.05, 0.1) is 12.5 Å². The van der Waals surface area contributed by atoms with Crippen molar-refractivity contribution in [2.75, 3.05) is 6.61 Å². The fourth-order valence-electron chi connectivity index (χ4n) is 12.9. The second-order valence-electron chi connectivity index (χ2n) is 27.6. The first-order valence-electron chi connectivity index (χ1n) is 39.9. The molecule has 0 heterocycles. The highest BCUT2D eigenvalue weighted by atomic mass is 16.5. The number of hydrogen-bond acceptors (Lipinski definition) is 3. The van der Waals surface area contributed by atoms with Gasteiger partial charge in [-0.05, 0) is 25.7 Å². The van der Waals surface area contributed by atoms with Gasteiger partial charge >= 0.3 is 11.9 Å². The third kappa shape index (κ3) is 79.0. The molecule has 0 aromatic rings. The number of ether oxygens (including phenoxy) is 1. The highest BCUT2D eigenvalue weighted by Crippen LogP contribution is 2.22. The summed E-state index contributed by atoms with van der Waals surface area (Å²) < 4.78 is 5.46. The van der Waals surface area contributed by atoms with E-state index >= 15 is 0 Å². The molecule has 1 unspecified atom stereocenters. The molecule has 504 valence electrons. The number of carbonyl (C=O) groups excluding carboxylic acids is 1. The van der Waals surface area contributed by atoms with Crippen molar-refractivity contribution in [3.05, 3.63) is 0 Å². The minimum Gasteiger partial charge on any atom is -0.481 e. The Morgan fingerprint density at radius 3 is 0.560 bits per heavy atom. The molecule has 0 radical (unpaired) electrons. The van der Waals surface area contributed by atoms with E-state index in [0.29, 0.717) is 13.0 Å². The second-order valence-corrected chi connectivity index (χ2v) is 27.6. The Hall–Kier alpha value is -1.06. The second kappa shape index (κ2) is 80.0. The van der Waals surface area contributed by atoms with E-state index in [4.69, 9.17) is 4.74 Å². The zero-order valence-electron chi connectivity index (χ0n) is 58.9. The fraction of sp³-hybridized carbons (Fsp3) is 0.975. The van der Waals surface area contributed by atoms with Gasteiger partial charge in [-0.25, -0.2) is 0 Å². The highest BCUT2D eigenvalue weighted by molar-refractivity contribution is 5.70. The number of carboxylic acid groups (broad SMARTS) is 1. The molecule has 0 saturated heterocycles. The Bertz CT molecular complexity index is 1170. The molecule has 0 saturated carbocycles. The van der Waals surface area contributed by atoms with Crippen LogP contribution in [-0.2, 0) is 14.3 Å². The minimum atomic E-state index is -0.553. The molecule has 4 nitrogen and oxygen atoms in total. The lowest BCUT2D eigenvalue weighted by Gasteiger charge is -2.12. The van der Waals surface area contributed by atoms with Crippen molar-refractivity contribution in [1.82, 2.24) is 0 Å². The Kier molecular flexibility index (Phi) is 80.9. The molecular formula is C80H160O4. The van der Waals surface area contributed by atoms with E-state index < -0.39 is 5.97 Å². The molecule has 0 bridgehead atoms. The van der Waals surface area contributed by atoms with E-state index in [2.05, 4.69) is 27.7 Å². The molecule has 0 aromatic heterocycles. The molecule has 1 atom stereocenters. The molecule has 0 spiro atoms. The molecule has 0 aliphatic heterocycles. The predicted octanol–water partition coefficient (Wildman–Crippen LogP) is 29.4. The first-order chi connectivity index (χ1) is 41.5. The number of hydrogen-bond donors (Lipinski definition) is 1. The van der Waals surface area contributed by atoms with Crippen molar-refractivity contribution in [3.8, 4) is 0 Å². The van der Waals surface area contributed by atoms with Crippen molar-refractivity contribution in [1.29, 1.82) is 0 Å². The van der Waals surface area contributed by atoms with Crippen LogP contribution in [0.5, 0.6) is 0 Å². The summed E-state index contributed by atoms with van der Waals surface area (Å²) in [7, 11) is 0. The summed E-state index contributed by atoms with van der Waals surface area (Å²) in [5, 5.41) is 9.64. The van der Waals surface area contributed by atoms with Crippen LogP contribution in [0.2, 0.25) is 0 Å². The van der Waals surface area contributed by atoms with Crippen LogP contribution in [0.25, 0.3) is 0 Å². The summed E-state index contributed by atoms with van der Waals surface area (Å²) in [6, 6.07) is 0. The summed E-state index contributed by atoms with van der Waals surface area (Å²) in [6.45, 7) is 9.81. The fourth-order valence-corrected chi connectivity index (χ4v) is 12.9. The largest absolute Gasteiger partial charge is 0.481 e. The molecule has 0 fully saturated rings. The van der Waals surface area contributed by atoms with Crippen LogP contribution < -0.4 is 0 Å². The van der Waals surface area contributed by atoms with Crippen molar-refractivity contribution in [2.24, 2.45) is 5.92 Å². The molecule has 0 aliphatic rings. The van der Waals surface area contributed by atoms with E-state index in [0.717, 1.165) is 38.5 Å². The molecule has 0 amide bonds. The Balaban J connectivity index is 0. The van der Waals surface area contributed by atoms with Crippen molar-refractivity contribution < 1.29 is 19.4 Å². The number of aliphatic carboxylic acids is 1. The van der Waals surface area contributed by atoms with Crippen LogP contribution in [-0.4, -0.2) is 23.7 Å². The zero-order valence-corrected chi connectivity index (χ0v) is 58.9. The lowest BCUT2D eigenvalue weighted by molar-refractivity contribution is -0.144. The van der Waals surface area contributed by atoms with Gasteiger partial charge in [0.1, 0.15) is 0 Å². The van der Waals surface area contributed by atoms with Crippen LogP contribution in [0.15, 0.2) is 0 Å². The normalized spacial score (nSPS) is 11.8. The van der Waals surface area contributed by atoms with Crippen LogP contribution in [0.4, 0.5) is 0 Å². The molecular weight excluding hydrogens is 1020 g/mol. The maximum Gasteiger partial charge on any atom is 0.306 e. The van der Waals surface area contributed by atoms with Crippen LogP contribution in [0.1, 0.15) is 490 Å². The zero-order chi connectivity index (χ0) is 61.1. The highest BCUT2D eigenvalue weighted by Gasteiger charge is 2.16. The van der Waals surface area contributed by atoms with E-state index in [-0.39, 0.29) is 11.9 Å². The summed E-state index contributed by atoms with van der Waals surface area (Å²) in [6.07, 6.45) is 97.7. The summed E-state index contributed by atoms with van der Waals surface area (Å²) in [4.78, 5) is 23.7. The lowest BCUT2D eigenvalue weighted by Crippen LogP contribution is -2.13. The van der Waals surface area contributed by atoms with Crippen molar-refractivity contribution in [3.63, 3.8) is 0 Å². The first kappa shape index (κ1) is 85.0. The monoisotopic (exact) mass is 1190 g/mol. The number of carboxylic acids is 1. The average molecular weight is 1190 g/mol. The van der Waals surface area contributed by atoms with Gasteiger partial charge in [0.2, 0.25) is 0 Å². The van der Waals surface area contributed by atoms with E-state index in [1.807, 2.05) is 0 Å². The molecule has 0 aliphatic carbocycles. The topological polar surface area (TPSA) is 63.6 Å². The predicted molar refractivity (Wildman–Crippen MR) is 377 cm³/mol. The maximum atomic E-state index is 12.0. The number of carbonyl (C=O) groups is 2. The lowest BCUT2D eigenvalue weighted by atomic mass is 9.94. The van der Waals surface area contributed by atoms with Crippen molar-refractivity contribution in [2.45, 2.75) is 490 Å². The SMILES string of the molecule is CCCCCCCCCCCCCCCCCCCCCCC(CCCCCCCCCCCCCCCC)C(=O)O.CCCCCCCCCCCCCCCCCCCCCCOC(=O)CCCCCCCCCCCCCCCCC. The van der Waals surface area contributed by atoms with Gasteiger partial charge in [-0.2, -0.15) is 0 Å². The minimum absolute atomic E-state index is 0.0301. The van der Waals surface area contributed by atoms with Crippen LogP contribution in [0, 0.1) is 5.92 Å². The number of esters is 1. The molecule has 4 heteroatoms. The van der Waals surface area contributed by atoms with Gasteiger partial charge in [-0.15, -0.1) is 0 Å². The Morgan fingerprint density at radius 1 is 0.226 bits per heavy atom. The van der Waals surface area contributed by atoms with E-state index in [9.17, 15) is 14.7 Å². The first-order valence-corrected chi connectivity index (χ1v) is 39.9. The summed E-state index contributed by atoms with van der Waals surface area (Å²) in [5.41, 5.74) is 0. The number of unbranched alkanes of at least 4 members (excludes halogenated alkanes) is 65. The van der Waals surface area contributed by atoms with Crippen LogP contribution >= 0.6 is 0 Å². The molecule has 0 rings (SSSR count). The van der Waals surface area contributed by atoms with Gasteiger partial charge in [0, 0.05) is 6.42 Å². The third-order valence-corrected chi connectivity index (χ3v) is 18.9. The quantitative estimate of drug-likeness (QED) is 0.0487. The standard InChI is InChI=1S/2C40H80O2/c1-3-5-7-9-11-13-15-17-19-20-21-22-23-24-26-28-30-32-34-36-38-39(40(41)42)37-35-33-31-29-27-25-18-16-14-12-10-8-6-4-2;1-3-5-7-9-11-13-15-17-19-20-21-22-23-25-27-29-31-33-35-37-39-42-40(41)38-36-34-32-30-28-26-24-18-16-14-12-10-8-6-4-2/h39H,3-38H2,1-2H3,(H,41,42);3-39H2,1-2H3. The Morgan fingerprint density at radius 2 is 0.381 bits per heavy atom. The van der Waals surface area contributed by atoms with Gasteiger partial charge in [-0.1, -0.05) is 458 Å².